The van der Waals surface area contributed by atoms with E-state index >= 15 is 0 Å². The van der Waals surface area contributed by atoms with Gasteiger partial charge in [0.25, 0.3) is 5.91 Å². The van der Waals surface area contributed by atoms with E-state index in [2.05, 4.69) is 17.4 Å². The molecule has 136 valence electrons. The lowest BCUT2D eigenvalue weighted by molar-refractivity contribution is -0.144. The van der Waals surface area contributed by atoms with Gasteiger partial charge in [-0.15, -0.1) is 0 Å². The van der Waals surface area contributed by atoms with E-state index in [1.807, 2.05) is 24.0 Å². The molecule has 0 bridgehead atoms. The third-order valence-corrected chi connectivity index (χ3v) is 4.41. The summed E-state index contributed by atoms with van der Waals surface area (Å²) in [5.41, 5.74) is 2.29. The van der Waals surface area contributed by atoms with Crippen LogP contribution in [0.15, 0.2) is 29.4 Å². The van der Waals surface area contributed by atoms with Gasteiger partial charge in [0.2, 0.25) is 12.0 Å². The third kappa shape index (κ3) is 5.59. The molecule has 25 heavy (non-hydrogen) atoms. The lowest BCUT2D eigenvalue weighted by atomic mass is 9.99. The van der Waals surface area contributed by atoms with Crippen molar-refractivity contribution in [3.8, 4) is 0 Å². The fourth-order valence-electron chi connectivity index (χ4n) is 2.74. The minimum Gasteiger partial charge on any atom is -0.382 e. The SMILES string of the molecule is CC(=O)Nc1ccc(/C(C)=N/OC(C)C(=O)N2CCC(C)CC2)cc1. The van der Waals surface area contributed by atoms with Crippen molar-refractivity contribution >= 4 is 23.2 Å². The Balaban J connectivity index is 1.91. The van der Waals surface area contributed by atoms with E-state index in [1.165, 1.54) is 6.92 Å². The van der Waals surface area contributed by atoms with Gasteiger partial charge in [-0.25, -0.2) is 0 Å². The zero-order valence-corrected chi connectivity index (χ0v) is 15.4. The number of rotatable bonds is 5. The normalized spacial score (nSPS) is 17.1. The quantitative estimate of drug-likeness (QED) is 0.659. The van der Waals surface area contributed by atoms with Crippen molar-refractivity contribution in [1.29, 1.82) is 0 Å². The summed E-state index contributed by atoms with van der Waals surface area (Å²) in [4.78, 5) is 30.7. The Labute approximate surface area is 149 Å². The van der Waals surface area contributed by atoms with E-state index < -0.39 is 6.10 Å². The Morgan fingerprint density at radius 2 is 1.80 bits per heavy atom. The Morgan fingerprint density at radius 3 is 2.36 bits per heavy atom. The van der Waals surface area contributed by atoms with Gasteiger partial charge in [0.1, 0.15) is 0 Å². The van der Waals surface area contributed by atoms with Crippen molar-refractivity contribution in [2.24, 2.45) is 11.1 Å². The largest absolute Gasteiger partial charge is 0.382 e. The van der Waals surface area contributed by atoms with Gasteiger partial charge in [-0.05, 0) is 50.3 Å². The van der Waals surface area contributed by atoms with Crippen LogP contribution in [0.25, 0.3) is 0 Å². The van der Waals surface area contributed by atoms with E-state index in [0.29, 0.717) is 11.6 Å². The van der Waals surface area contributed by atoms with Gasteiger partial charge in [-0.3, -0.25) is 9.59 Å². The predicted molar refractivity (Wildman–Crippen MR) is 98.5 cm³/mol. The molecule has 1 aliphatic rings. The van der Waals surface area contributed by atoms with Crippen LogP contribution in [-0.4, -0.2) is 41.6 Å². The van der Waals surface area contributed by atoms with Crippen molar-refractivity contribution in [2.45, 2.75) is 46.6 Å². The van der Waals surface area contributed by atoms with Crippen LogP contribution >= 0.6 is 0 Å². The van der Waals surface area contributed by atoms with Gasteiger partial charge in [0.05, 0.1) is 5.71 Å². The number of nitrogens with zero attached hydrogens (tertiary/aromatic N) is 2. The zero-order chi connectivity index (χ0) is 18.4. The summed E-state index contributed by atoms with van der Waals surface area (Å²) in [5, 5.41) is 6.81. The minimum absolute atomic E-state index is 0.00976. The first kappa shape index (κ1) is 19.0. The first-order valence-electron chi connectivity index (χ1n) is 8.74. The van der Waals surface area contributed by atoms with Crippen LogP contribution in [0, 0.1) is 5.92 Å². The fraction of sp³-hybridized carbons (Fsp3) is 0.526. The molecular formula is C19H27N3O3. The molecule has 0 saturated carbocycles. The van der Waals surface area contributed by atoms with Gasteiger partial charge in [-0.2, -0.15) is 0 Å². The average molecular weight is 345 g/mol. The highest BCUT2D eigenvalue weighted by Crippen LogP contribution is 2.17. The second-order valence-electron chi connectivity index (χ2n) is 6.69. The molecule has 1 saturated heterocycles. The highest BCUT2D eigenvalue weighted by Gasteiger charge is 2.25. The first-order chi connectivity index (χ1) is 11.9. The number of piperidine rings is 1. The molecule has 1 aliphatic heterocycles. The van der Waals surface area contributed by atoms with Crippen LogP contribution in [0.5, 0.6) is 0 Å². The van der Waals surface area contributed by atoms with Crippen LogP contribution in [0.2, 0.25) is 0 Å². The topological polar surface area (TPSA) is 71.0 Å². The summed E-state index contributed by atoms with van der Waals surface area (Å²) in [6.07, 6.45) is 1.49. The number of nitrogens with one attached hydrogen (secondary N) is 1. The second kappa shape index (κ2) is 8.65. The van der Waals surface area contributed by atoms with E-state index in [-0.39, 0.29) is 11.8 Å². The molecular weight excluding hydrogens is 318 g/mol. The van der Waals surface area contributed by atoms with Crippen LogP contribution in [0.1, 0.15) is 46.1 Å². The monoisotopic (exact) mass is 345 g/mol. The highest BCUT2D eigenvalue weighted by atomic mass is 16.6. The molecule has 0 aliphatic carbocycles. The number of benzene rings is 1. The lowest BCUT2D eigenvalue weighted by Crippen LogP contribution is -2.43. The van der Waals surface area contributed by atoms with Gasteiger partial charge in [0, 0.05) is 25.7 Å². The van der Waals surface area contributed by atoms with Crippen molar-refractivity contribution < 1.29 is 14.4 Å². The molecule has 1 atom stereocenters. The molecule has 2 rings (SSSR count). The van der Waals surface area contributed by atoms with Gasteiger partial charge >= 0.3 is 0 Å². The Hall–Kier alpha value is -2.37. The van der Waals surface area contributed by atoms with Crippen molar-refractivity contribution in [2.75, 3.05) is 18.4 Å². The molecule has 0 radical (unpaired) electrons. The fourth-order valence-corrected chi connectivity index (χ4v) is 2.74. The number of hydrogen-bond acceptors (Lipinski definition) is 4. The molecule has 1 N–H and O–H groups in total. The van der Waals surface area contributed by atoms with Crippen LogP contribution in [0.4, 0.5) is 5.69 Å². The maximum Gasteiger partial charge on any atom is 0.266 e. The molecule has 0 spiro atoms. The smallest absolute Gasteiger partial charge is 0.266 e. The summed E-state index contributed by atoms with van der Waals surface area (Å²) < 4.78 is 0. The number of carbonyl (C=O) groups is 2. The third-order valence-electron chi connectivity index (χ3n) is 4.41. The second-order valence-corrected chi connectivity index (χ2v) is 6.69. The van der Waals surface area contributed by atoms with E-state index in [9.17, 15) is 9.59 Å². The lowest BCUT2D eigenvalue weighted by Gasteiger charge is -2.31. The number of carbonyl (C=O) groups excluding carboxylic acids is 2. The van der Waals surface area contributed by atoms with E-state index in [1.54, 1.807) is 19.1 Å². The Bertz CT molecular complexity index is 632. The molecule has 0 aromatic heterocycles. The molecule has 1 fully saturated rings. The number of oxime groups is 1. The number of hydrogen-bond donors (Lipinski definition) is 1. The minimum atomic E-state index is -0.595. The van der Waals surface area contributed by atoms with Gasteiger partial charge in [0.15, 0.2) is 0 Å². The molecule has 1 unspecified atom stereocenters. The summed E-state index contributed by atoms with van der Waals surface area (Å²) in [6, 6.07) is 7.32. The number of amides is 2. The molecule has 6 heteroatoms. The van der Waals surface area contributed by atoms with Gasteiger partial charge in [-0.1, -0.05) is 24.2 Å². The maximum absolute atomic E-state index is 12.4. The Morgan fingerprint density at radius 1 is 1.20 bits per heavy atom. The van der Waals surface area contributed by atoms with Crippen molar-refractivity contribution in [1.82, 2.24) is 4.90 Å². The van der Waals surface area contributed by atoms with Crippen molar-refractivity contribution in [3.63, 3.8) is 0 Å². The summed E-state index contributed by atoms with van der Waals surface area (Å²) in [5.74, 6) is 0.561. The molecule has 1 heterocycles. The highest BCUT2D eigenvalue weighted by molar-refractivity contribution is 5.99. The summed E-state index contributed by atoms with van der Waals surface area (Å²) in [6.45, 7) is 8.83. The van der Waals surface area contributed by atoms with E-state index in [0.717, 1.165) is 37.2 Å². The summed E-state index contributed by atoms with van der Waals surface area (Å²) >= 11 is 0. The average Bonchev–Trinajstić information content (AvgIpc) is 2.59. The standard InChI is InChI=1S/C19H27N3O3/c1-13-9-11-22(12-10-13)19(24)15(3)25-21-14(2)17-5-7-18(8-6-17)20-16(4)23/h5-8,13,15H,9-12H2,1-4H3,(H,20,23)/b21-14+. The molecule has 2 amide bonds. The van der Waals surface area contributed by atoms with Crippen molar-refractivity contribution in [3.05, 3.63) is 29.8 Å². The van der Waals surface area contributed by atoms with Crippen LogP contribution in [-0.2, 0) is 14.4 Å². The predicted octanol–water partition coefficient (Wildman–Crippen LogP) is 3.03. The maximum atomic E-state index is 12.4. The molecule has 6 nitrogen and oxygen atoms in total. The van der Waals surface area contributed by atoms with Crippen LogP contribution in [0.3, 0.4) is 0 Å². The zero-order valence-electron chi connectivity index (χ0n) is 15.4. The number of likely N-dealkylation sites (tertiary alicyclic amines) is 1. The molecule has 1 aromatic carbocycles. The van der Waals surface area contributed by atoms with Crippen LogP contribution < -0.4 is 5.32 Å². The first-order valence-corrected chi connectivity index (χ1v) is 8.74. The van der Waals surface area contributed by atoms with Gasteiger partial charge < -0.3 is 15.1 Å². The Kier molecular flexibility index (Phi) is 6.56. The molecule has 1 aromatic rings. The van der Waals surface area contributed by atoms with E-state index in [4.69, 9.17) is 4.84 Å². The summed E-state index contributed by atoms with van der Waals surface area (Å²) in [7, 11) is 0. The number of anilines is 1.